The highest BCUT2D eigenvalue weighted by molar-refractivity contribution is 7.14. The molecule has 0 bridgehead atoms. The molecule has 0 fully saturated rings. The molecule has 0 aliphatic heterocycles. The molecule has 7 heteroatoms. The van der Waals surface area contributed by atoms with Crippen molar-refractivity contribution < 1.29 is 18.8 Å². The van der Waals surface area contributed by atoms with Crippen molar-refractivity contribution in [3.05, 3.63) is 71.0 Å². The molecule has 0 aliphatic carbocycles. The average Bonchev–Trinajstić information content (AvgIpc) is 3.16. The highest BCUT2D eigenvalue weighted by atomic mass is 32.1. The maximum absolute atomic E-state index is 14.0. The Morgan fingerprint density at radius 3 is 2.59 bits per heavy atom. The van der Waals surface area contributed by atoms with Gasteiger partial charge in [-0.25, -0.2) is 9.37 Å². The highest BCUT2D eigenvalue weighted by Gasteiger charge is 2.19. The van der Waals surface area contributed by atoms with E-state index >= 15 is 0 Å². The summed E-state index contributed by atoms with van der Waals surface area (Å²) in [5.41, 5.74) is 2.62. The maximum Gasteiger partial charge on any atom is 0.230 e. The number of thiazole rings is 1. The van der Waals surface area contributed by atoms with E-state index in [0.717, 1.165) is 23.5 Å². The number of nitrogens with zero attached hydrogens (tertiary/aromatic N) is 2. The molecule has 0 spiro atoms. The number of carbonyl (C=O) groups excluding carboxylic acids is 1. The molecule has 3 rings (SSSR count). The second kappa shape index (κ2) is 9.62. The number of aromatic nitrogens is 1. The number of halogens is 1. The molecular weight excluding hydrogens is 389 g/mol. The molecule has 152 valence electrons. The van der Waals surface area contributed by atoms with Crippen molar-refractivity contribution in [2.45, 2.75) is 26.9 Å². The van der Waals surface area contributed by atoms with Gasteiger partial charge >= 0.3 is 0 Å². The molecule has 2 aromatic carbocycles. The minimum atomic E-state index is -0.351. The molecule has 1 atom stereocenters. The van der Waals surface area contributed by atoms with Crippen molar-refractivity contribution in [3.8, 4) is 5.75 Å². The van der Waals surface area contributed by atoms with E-state index in [4.69, 9.17) is 9.72 Å². The Kier molecular flexibility index (Phi) is 6.95. The minimum absolute atomic E-state index is 0.0782. The first kappa shape index (κ1) is 21.0. The Balaban J connectivity index is 1.73. The second-order valence-corrected chi connectivity index (χ2v) is 7.57. The van der Waals surface area contributed by atoms with E-state index in [1.807, 2.05) is 41.8 Å². The van der Waals surface area contributed by atoms with Gasteiger partial charge in [-0.2, -0.15) is 0 Å². The van der Waals surface area contributed by atoms with E-state index in [-0.39, 0.29) is 17.5 Å². The lowest BCUT2D eigenvalue weighted by atomic mass is 10.2. The number of benzene rings is 2. The molecule has 1 unspecified atom stereocenters. The number of nitrogens with one attached hydrogen (secondary N) is 1. The van der Waals surface area contributed by atoms with Gasteiger partial charge in [-0.1, -0.05) is 18.2 Å². The molecule has 29 heavy (non-hydrogen) atoms. The number of methoxy groups -OCH3 is 1. The third-order valence-electron chi connectivity index (χ3n) is 4.66. The number of ether oxygens (including phenoxy) is 1. The average molecular weight is 415 g/mol. The molecule has 0 radical (unpaired) electrons. The first-order chi connectivity index (χ1) is 14.0. The lowest BCUT2D eigenvalue weighted by Crippen LogP contribution is -3.09. The van der Waals surface area contributed by atoms with Gasteiger partial charge in [0.2, 0.25) is 5.91 Å². The molecule has 1 N–H and O–H groups in total. The smallest absolute Gasteiger partial charge is 0.230 e. The predicted octanol–water partition coefficient (Wildman–Crippen LogP) is 3.58. The molecule has 1 aromatic heterocycles. The molecule has 3 aromatic rings. The van der Waals surface area contributed by atoms with Gasteiger partial charge in [0.1, 0.15) is 18.8 Å². The number of anilines is 2. The van der Waals surface area contributed by atoms with Gasteiger partial charge in [-0.3, -0.25) is 9.69 Å². The maximum atomic E-state index is 14.0. The largest absolute Gasteiger partial charge is 0.494 e. The molecular formula is C22H25FN3O2S+. The van der Waals surface area contributed by atoms with Crippen LogP contribution in [0.4, 0.5) is 15.2 Å². The third kappa shape index (κ3) is 5.19. The Morgan fingerprint density at radius 2 is 1.97 bits per heavy atom. The van der Waals surface area contributed by atoms with Crippen LogP contribution >= 0.6 is 11.3 Å². The predicted molar refractivity (Wildman–Crippen MR) is 113 cm³/mol. The Bertz CT molecular complexity index is 962. The van der Waals surface area contributed by atoms with Gasteiger partial charge in [0.05, 0.1) is 19.3 Å². The van der Waals surface area contributed by atoms with Crippen LogP contribution in [0.3, 0.4) is 0 Å². The van der Waals surface area contributed by atoms with Crippen LogP contribution in [0.2, 0.25) is 0 Å². The fraction of sp³-hybridized carbons (Fsp3) is 0.273. The van der Waals surface area contributed by atoms with Crippen LogP contribution in [0.1, 0.15) is 25.1 Å². The van der Waals surface area contributed by atoms with E-state index in [2.05, 4.69) is 6.92 Å². The molecule has 0 saturated carbocycles. The molecule has 1 amide bonds. The summed E-state index contributed by atoms with van der Waals surface area (Å²) < 4.78 is 19.0. The summed E-state index contributed by atoms with van der Waals surface area (Å²) in [6.45, 7) is 5.88. The van der Waals surface area contributed by atoms with Crippen LogP contribution in [-0.4, -0.2) is 24.5 Å². The number of amides is 1. The van der Waals surface area contributed by atoms with Crippen LogP contribution < -0.4 is 14.5 Å². The van der Waals surface area contributed by atoms with Crippen molar-refractivity contribution in [1.82, 2.24) is 4.98 Å². The first-order valence-electron chi connectivity index (χ1n) is 9.48. The van der Waals surface area contributed by atoms with Crippen molar-refractivity contribution in [2.24, 2.45) is 0 Å². The van der Waals surface area contributed by atoms with Crippen LogP contribution in [0.25, 0.3) is 0 Å². The van der Waals surface area contributed by atoms with E-state index in [1.54, 1.807) is 11.0 Å². The molecule has 0 saturated heterocycles. The summed E-state index contributed by atoms with van der Waals surface area (Å²) in [7, 11) is 1.46. The second-order valence-electron chi connectivity index (χ2n) is 6.74. The summed E-state index contributed by atoms with van der Waals surface area (Å²) in [6.07, 6.45) is 0. The van der Waals surface area contributed by atoms with Gasteiger partial charge in [-0.15, -0.1) is 11.3 Å². The summed E-state index contributed by atoms with van der Waals surface area (Å²) in [5.74, 6) is -0.178. The van der Waals surface area contributed by atoms with Crippen LogP contribution in [0.15, 0.2) is 53.9 Å². The van der Waals surface area contributed by atoms with Crippen molar-refractivity contribution in [1.29, 1.82) is 0 Å². The van der Waals surface area contributed by atoms with Crippen molar-refractivity contribution in [2.75, 3.05) is 18.6 Å². The van der Waals surface area contributed by atoms with Gasteiger partial charge < -0.3 is 9.64 Å². The summed E-state index contributed by atoms with van der Waals surface area (Å²) in [6, 6.07) is 14.6. The topological polar surface area (TPSA) is 46.9 Å². The lowest BCUT2D eigenvalue weighted by Gasteiger charge is -2.18. The SMILES string of the molecule is CC[NH+](Cc1ccc(OC)c(F)c1)Cc1csc(N(C(C)=O)c2ccccc2)n1. The molecule has 0 aliphatic rings. The van der Waals surface area contributed by atoms with Crippen LogP contribution in [-0.2, 0) is 17.9 Å². The van der Waals surface area contributed by atoms with Crippen molar-refractivity contribution in [3.63, 3.8) is 0 Å². The summed E-state index contributed by atoms with van der Waals surface area (Å²) in [4.78, 5) is 19.8. The highest BCUT2D eigenvalue weighted by Crippen LogP contribution is 2.28. The normalized spacial score (nSPS) is 11.9. The monoisotopic (exact) mass is 414 g/mol. The Labute approximate surface area is 174 Å². The standard InChI is InChI=1S/C22H24FN3O2S/c1-4-25(13-17-10-11-21(28-3)20(23)12-17)14-18-15-29-22(24-18)26(16(2)27)19-8-6-5-7-9-19/h5-12,15H,4,13-14H2,1-3H3/p+1. The fourth-order valence-electron chi connectivity index (χ4n) is 3.16. The summed E-state index contributed by atoms with van der Waals surface area (Å²) >= 11 is 1.45. The van der Waals surface area contributed by atoms with E-state index in [9.17, 15) is 9.18 Å². The number of hydrogen-bond donors (Lipinski definition) is 1. The van der Waals surface area contributed by atoms with Crippen molar-refractivity contribution >= 4 is 28.1 Å². The van der Waals surface area contributed by atoms with Gasteiger partial charge in [0.25, 0.3) is 0 Å². The van der Waals surface area contributed by atoms with Crippen LogP contribution in [0.5, 0.6) is 5.75 Å². The molecule has 5 nitrogen and oxygen atoms in total. The minimum Gasteiger partial charge on any atom is -0.494 e. The molecule has 1 heterocycles. The van der Waals surface area contributed by atoms with E-state index in [0.29, 0.717) is 18.2 Å². The lowest BCUT2D eigenvalue weighted by molar-refractivity contribution is -0.926. The van der Waals surface area contributed by atoms with Gasteiger partial charge in [-0.05, 0) is 37.3 Å². The number of carbonyl (C=O) groups is 1. The van der Waals surface area contributed by atoms with Gasteiger partial charge in [0, 0.05) is 17.9 Å². The zero-order chi connectivity index (χ0) is 20.8. The first-order valence-corrected chi connectivity index (χ1v) is 10.4. The van der Waals surface area contributed by atoms with E-state index < -0.39 is 0 Å². The number of hydrogen-bond acceptors (Lipinski definition) is 4. The quantitative estimate of drug-likeness (QED) is 0.613. The zero-order valence-corrected chi connectivity index (χ0v) is 17.6. The third-order valence-corrected chi connectivity index (χ3v) is 5.54. The Morgan fingerprint density at radius 1 is 1.21 bits per heavy atom. The van der Waals surface area contributed by atoms with Crippen LogP contribution in [0, 0.1) is 5.82 Å². The van der Waals surface area contributed by atoms with E-state index in [1.165, 1.54) is 36.3 Å². The number of para-hydroxylation sites is 1. The fourth-order valence-corrected chi connectivity index (χ4v) is 4.05. The summed E-state index contributed by atoms with van der Waals surface area (Å²) in [5, 5.41) is 2.64. The number of quaternary nitrogens is 1. The zero-order valence-electron chi connectivity index (χ0n) is 16.8. The Hall–Kier alpha value is -2.77. The number of rotatable bonds is 8. The van der Waals surface area contributed by atoms with Gasteiger partial charge in [0.15, 0.2) is 16.7 Å².